The summed E-state index contributed by atoms with van der Waals surface area (Å²) < 4.78 is 30.8. The highest BCUT2D eigenvalue weighted by molar-refractivity contribution is 8.00. The standard InChI is InChI=1S/C19H19F2N5O2S/c1-11-7-9-13(10-8-11)16-24-25-19(26(16)22)29-12(2)17(27)23-14-5-3-4-6-15(14)28-18(20)21/h3-10,12,18H,22H2,1-2H3,(H,23,27). The molecular weight excluding hydrogens is 400 g/mol. The topological polar surface area (TPSA) is 95.1 Å². The van der Waals surface area contributed by atoms with E-state index in [0.717, 1.165) is 22.9 Å². The van der Waals surface area contributed by atoms with Crippen LogP contribution in [0.5, 0.6) is 5.75 Å². The molecule has 0 aliphatic carbocycles. The minimum Gasteiger partial charge on any atom is -0.433 e. The number of halogens is 2. The Morgan fingerprint density at radius 2 is 1.86 bits per heavy atom. The molecule has 7 nitrogen and oxygen atoms in total. The van der Waals surface area contributed by atoms with Gasteiger partial charge in [-0.3, -0.25) is 4.79 Å². The van der Waals surface area contributed by atoms with Crippen LogP contribution in [-0.4, -0.2) is 32.6 Å². The van der Waals surface area contributed by atoms with Crippen LogP contribution in [0.2, 0.25) is 0 Å². The van der Waals surface area contributed by atoms with Crippen LogP contribution < -0.4 is 15.9 Å². The summed E-state index contributed by atoms with van der Waals surface area (Å²) >= 11 is 1.10. The minimum atomic E-state index is -2.99. The van der Waals surface area contributed by atoms with Crippen molar-refractivity contribution in [1.82, 2.24) is 14.9 Å². The average Bonchev–Trinajstić information content (AvgIpc) is 3.04. The van der Waals surface area contributed by atoms with Crippen molar-refractivity contribution in [3.8, 4) is 17.1 Å². The van der Waals surface area contributed by atoms with Crippen LogP contribution >= 0.6 is 11.8 Å². The number of nitrogen functional groups attached to an aromatic ring is 1. The maximum absolute atomic E-state index is 12.5. The Morgan fingerprint density at radius 3 is 2.55 bits per heavy atom. The van der Waals surface area contributed by atoms with Gasteiger partial charge in [0.1, 0.15) is 5.75 Å². The number of benzene rings is 2. The number of rotatable bonds is 7. The van der Waals surface area contributed by atoms with Gasteiger partial charge in [-0.15, -0.1) is 10.2 Å². The molecule has 1 atom stereocenters. The maximum Gasteiger partial charge on any atom is 0.387 e. The van der Waals surface area contributed by atoms with E-state index in [2.05, 4.69) is 20.3 Å². The summed E-state index contributed by atoms with van der Waals surface area (Å²) in [5, 5.41) is 10.5. The number of aryl methyl sites for hydroxylation is 1. The molecule has 3 rings (SSSR count). The summed E-state index contributed by atoms with van der Waals surface area (Å²) in [6.45, 7) is 0.635. The second-order valence-electron chi connectivity index (χ2n) is 6.17. The van der Waals surface area contributed by atoms with Crippen LogP contribution in [0, 0.1) is 6.92 Å². The van der Waals surface area contributed by atoms with Crippen molar-refractivity contribution < 1.29 is 18.3 Å². The first-order valence-electron chi connectivity index (χ1n) is 8.64. The zero-order valence-electron chi connectivity index (χ0n) is 15.7. The van der Waals surface area contributed by atoms with Crippen molar-refractivity contribution in [3.63, 3.8) is 0 Å². The van der Waals surface area contributed by atoms with Crippen LogP contribution in [0.4, 0.5) is 14.5 Å². The lowest BCUT2D eigenvalue weighted by Gasteiger charge is -2.14. The summed E-state index contributed by atoms with van der Waals surface area (Å²) in [7, 11) is 0. The van der Waals surface area contributed by atoms with Gasteiger partial charge in [-0.1, -0.05) is 53.7 Å². The van der Waals surface area contributed by atoms with E-state index < -0.39 is 17.8 Å². The molecule has 1 amide bonds. The minimum absolute atomic E-state index is 0.114. The van der Waals surface area contributed by atoms with E-state index in [0.29, 0.717) is 11.0 Å². The van der Waals surface area contributed by atoms with Crippen molar-refractivity contribution >= 4 is 23.4 Å². The number of hydrogen-bond donors (Lipinski definition) is 2. The predicted octanol–water partition coefficient (Wildman–Crippen LogP) is 3.69. The average molecular weight is 419 g/mol. The molecule has 0 radical (unpaired) electrons. The van der Waals surface area contributed by atoms with Gasteiger partial charge in [-0.2, -0.15) is 8.78 Å². The smallest absolute Gasteiger partial charge is 0.387 e. The van der Waals surface area contributed by atoms with Gasteiger partial charge in [0.05, 0.1) is 10.9 Å². The van der Waals surface area contributed by atoms with E-state index in [1.807, 2.05) is 31.2 Å². The Labute approximate surface area is 170 Å². The number of carbonyl (C=O) groups excluding carboxylic acids is 1. The van der Waals surface area contributed by atoms with Gasteiger partial charge in [0.25, 0.3) is 0 Å². The SMILES string of the molecule is Cc1ccc(-c2nnc(SC(C)C(=O)Nc3ccccc3OC(F)F)n2N)cc1. The fourth-order valence-corrected chi connectivity index (χ4v) is 3.24. The second kappa shape index (κ2) is 8.91. The third-order valence-electron chi connectivity index (χ3n) is 3.99. The number of thioether (sulfide) groups is 1. The zero-order chi connectivity index (χ0) is 21.0. The lowest BCUT2D eigenvalue weighted by Crippen LogP contribution is -2.24. The molecule has 1 heterocycles. The number of anilines is 1. The van der Waals surface area contributed by atoms with Crippen molar-refractivity contribution in [1.29, 1.82) is 0 Å². The number of ether oxygens (including phenoxy) is 1. The molecule has 0 aliphatic heterocycles. The highest BCUT2D eigenvalue weighted by Crippen LogP contribution is 2.28. The van der Waals surface area contributed by atoms with E-state index in [1.54, 1.807) is 13.0 Å². The fourth-order valence-electron chi connectivity index (χ4n) is 2.47. The van der Waals surface area contributed by atoms with Gasteiger partial charge >= 0.3 is 6.61 Å². The van der Waals surface area contributed by atoms with Crippen LogP contribution in [0.15, 0.2) is 53.7 Å². The Hall–Kier alpha value is -3.14. The first-order valence-corrected chi connectivity index (χ1v) is 9.52. The van der Waals surface area contributed by atoms with E-state index >= 15 is 0 Å². The number of nitrogens with two attached hydrogens (primary N) is 1. The first kappa shape index (κ1) is 20.6. The van der Waals surface area contributed by atoms with E-state index in [9.17, 15) is 13.6 Å². The molecule has 1 unspecified atom stereocenters. The third-order valence-corrected chi connectivity index (χ3v) is 5.04. The number of carbonyl (C=O) groups is 1. The zero-order valence-corrected chi connectivity index (χ0v) is 16.5. The van der Waals surface area contributed by atoms with E-state index in [4.69, 9.17) is 5.84 Å². The molecule has 0 bridgehead atoms. The van der Waals surface area contributed by atoms with Crippen LogP contribution in [-0.2, 0) is 4.79 Å². The van der Waals surface area contributed by atoms with Gasteiger partial charge < -0.3 is 15.9 Å². The lowest BCUT2D eigenvalue weighted by atomic mass is 10.1. The number of amides is 1. The molecule has 2 aromatic carbocycles. The largest absolute Gasteiger partial charge is 0.433 e. The summed E-state index contributed by atoms with van der Waals surface area (Å²) in [5.41, 5.74) is 2.06. The summed E-state index contributed by atoms with van der Waals surface area (Å²) in [4.78, 5) is 12.5. The molecule has 0 aliphatic rings. The Bertz CT molecular complexity index is 995. The summed E-state index contributed by atoms with van der Waals surface area (Å²) in [6, 6.07) is 13.6. The third kappa shape index (κ3) is 5.02. The van der Waals surface area contributed by atoms with Gasteiger partial charge in [0.15, 0.2) is 5.82 Å². The number of para-hydroxylation sites is 2. The highest BCUT2D eigenvalue weighted by Gasteiger charge is 2.21. The summed E-state index contributed by atoms with van der Waals surface area (Å²) in [6.07, 6.45) is 0. The molecule has 0 saturated carbocycles. The maximum atomic E-state index is 12.5. The fraction of sp³-hybridized carbons (Fsp3) is 0.211. The van der Waals surface area contributed by atoms with Crippen molar-refractivity contribution in [2.45, 2.75) is 30.9 Å². The van der Waals surface area contributed by atoms with Crippen molar-refractivity contribution in [3.05, 3.63) is 54.1 Å². The quantitative estimate of drug-likeness (QED) is 0.448. The van der Waals surface area contributed by atoms with E-state index in [-0.39, 0.29) is 11.4 Å². The Morgan fingerprint density at radius 1 is 1.17 bits per heavy atom. The number of alkyl halides is 2. The molecule has 3 N–H and O–H groups in total. The van der Waals surface area contributed by atoms with Gasteiger partial charge in [-0.25, -0.2) is 4.68 Å². The molecule has 0 fully saturated rings. The van der Waals surface area contributed by atoms with Crippen molar-refractivity contribution in [2.24, 2.45) is 0 Å². The van der Waals surface area contributed by atoms with Gasteiger partial charge in [-0.05, 0) is 26.0 Å². The lowest BCUT2D eigenvalue weighted by molar-refractivity contribution is -0.115. The highest BCUT2D eigenvalue weighted by atomic mass is 32.2. The molecule has 1 aromatic heterocycles. The van der Waals surface area contributed by atoms with E-state index in [1.165, 1.54) is 22.9 Å². The molecule has 3 aromatic rings. The number of nitrogens with zero attached hydrogens (tertiary/aromatic N) is 3. The molecule has 0 saturated heterocycles. The van der Waals surface area contributed by atoms with Gasteiger partial charge in [0.2, 0.25) is 11.1 Å². The number of nitrogens with one attached hydrogen (secondary N) is 1. The number of aromatic nitrogens is 3. The normalized spacial score (nSPS) is 12.0. The van der Waals surface area contributed by atoms with Crippen LogP contribution in [0.25, 0.3) is 11.4 Å². The molecule has 0 spiro atoms. The molecule has 29 heavy (non-hydrogen) atoms. The molecule has 152 valence electrons. The van der Waals surface area contributed by atoms with Crippen LogP contribution in [0.3, 0.4) is 0 Å². The van der Waals surface area contributed by atoms with Crippen molar-refractivity contribution in [2.75, 3.05) is 11.2 Å². The molecular formula is C19H19F2N5O2S. The Balaban J connectivity index is 1.70. The number of hydrogen-bond acceptors (Lipinski definition) is 6. The predicted molar refractivity (Wildman–Crippen MR) is 107 cm³/mol. The first-order chi connectivity index (χ1) is 13.8. The van der Waals surface area contributed by atoms with Crippen LogP contribution in [0.1, 0.15) is 12.5 Å². The monoisotopic (exact) mass is 419 g/mol. The Kier molecular flexibility index (Phi) is 6.32. The van der Waals surface area contributed by atoms with Gasteiger partial charge in [0, 0.05) is 5.56 Å². The summed E-state index contributed by atoms with van der Waals surface area (Å²) in [5.74, 6) is 6.03. The second-order valence-corrected chi connectivity index (χ2v) is 7.47. The molecule has 10 heteroatoms.